The first-order valence-corrected chi connectivity index (χ1v) is 6.34. The molecule has 1 aromatic carbocycles. The summed E-state index contributed by atoms with van der Waals surface area (Å²) in [7, 11) is 0. The van der Waals surface area contributed by atoms with Gasteiger partial charge in [-0.3, -0.25) is 4.99 Å². The summed E-state index contributed by atoms with van der Waals surface area (Å²) >= 11 is 6.05. The zero-order valence-corrected chi connectivity index (χ0v) is 10.6. The Morgan fingerprint density at radius 3 is 2.88 bits per heavy atom. The highest BCUT2D eigenvalue weighted by atomic mass is 35.5. The lowest BCUT2D eigenvalue weighted by molar-refractivity contribution is 0.182. The van der Waals surface area contributed by atoms with Crippen LogP contribution < -0.4 is 10.6 Å². The highest BCUT2D eigenvalue weighted by Crippen LogP contribution is 2.46. The zero-order valence-electron chi connectivity index (χ0n) is 9.86. The van der Waals surface area contributed by atoms with Crippen LogP contribution in [0.5, 0.6) is 0 Å². The minimum absolute atomic E-state index is 0.119. The second-order valence-corrected chi connectivity index (χ2v) is 5.66. The van der Waals surface area contributed by atoms with Crippen molar-refractivity contribution in [2.45, 2.75) is 25.3 Å². The number of halogens is 1. The predicted octanol–water partition coefficient (Wildman–Crippen LogP) is 2.64. The molecule has 0 saturated heterocycles. The molecule has 3 rings (SSSR count). The number of rotatable bonds is 1. The maximum absolute atomic E-state index is 6.05. The molecule has 90 valence electrons. The molecule has 0 bridgehead atoms. The van der Waals surface area contributed by atoms with Gasteiger partial charge in [0.05, 0.1) is 12.1 Å². The highest BCUT2D eigenvalue weighted by molar-refractivity contribution is 6.31. The van der Waals surface area contributed by atoms with Crippen LogP contribution >= 0.6 is 11.6 Å². The monoisotopic (exact) mass is 249 g/mol. The van der Waals surface area contributed by atoms with Crippen LogP contribution in [0.25, 0.3) is 0 Å². The molecule has 1 fully saturated rings. The molecule has 1 aromatic rings. The van der Waals surface area contributed by atoms with Crippen molar-refractivity contribution in [2.24, 2.45) is 16.6 Å². The lowest BCUT2D eigenvalue weighted by Crippen LogP contribution is -2.59. The Balaban J connectivity index is 1.97. The van der Waals surface area contributed by atoms with Gasteiger partial charge >= 0.3 is 0 Å². The fourth-order valence-electron chi connectivity index (χ4n) is 3.18. The molecule has 17 heavy (non-hydrogen) atoms. The molecule has 2 N–H and O–H groups in total. The van der Waals surface area contributed by atoms with Crippen molar-refractivity contribution in [3.8, 4) is 0 Å². The molecule has 4 heteroatoms. The number of nitrogens with two attached hydrogens (primary N) is 1. The first-order chi connectivity index (χ1) is 8.11. The fourth-order valence-corrected chi connectivity index (χ4v) is 3.37. The molecular weight excluding hydrogens is 234 g/mol. The molecule has 0 amide bonds. The Labute approximate surface area is 106 Å². The summed E-state index contributed by atoms with van der Waals surface area (Å²) in [5.74, 6) is 1.39. The molecule has 1 aliphatic heterocycles. The summed E-state index contributed by atoms with van der Waals surface area (Å²) in [4.78, 5) is 6.58. The fraction of sp³-hybridized carbons (Fsp3) is 0.462. The van der Waals surface area contributed by atoms with Crippen LogP contribution in [0.2, 0.25) is 5.02 Å². The van der Waals surface area contributed by atoms with Crippen LogP contribution in [0.15, 0.2) is 29.3 Å². The van der Waals surface area contributed by atoms with Gasteiger partial charge in [-0.15, -0.1) is 0 Å². The van der Waals surface area contributed by atoms with Crippen molar-refractivity contribution in [3.63, 3.8) is 0 Å². The maximum Gasteiger partial charge on any atom is 0.196 e. The van der Waals surface area contributed by atoms with Gasteiger partial charge in [0.15, 0.2) is 5.96 Å². The van der Waals surface area contributed by atoms with Crippen molar-refractivity contribution in [1.82, 2.24) is 0 Å². The van der Waals surface area contributed by atoms with Crippen molar-refractivity contribution < 1.29 is 0 Å². The average molecular weight is 250 g/mol. The van der Waals surface area contributed by atoms with Gasteiger partial charge in [0.2, 0.25) is 0 Å². The molecule has 1 spiro atoms. The van der Waals surface area contributed by atoms with Gasteiger partial charge in [-0.25, -0.2) is 0 Å². The van der Waals surface area contributed by atoms with Gasteiger partial charge < -0.3 is 10.6 Å². The highest BCUT2D eigenvalue weighted by Gasteiger charge is 2.51. The first-order valence-electron chi connectivity index (χ1n) is 5.96. The number of hydrogen-bond acceptors (Lipinski definition) is 3. The summed E-state index contributed by atoms with van der Waals surface area (Å²) in [5.41, 5.74) is 7.20. The Kier molecular flexibility index (Phi) is 2.33. The van der Waals surface area contributed by atoms with Gasteiger partial charge in [-0.2, -0.15) is 0 Å². The molecule has 0 unspecified atom stereocenters. The number of benzene rings is 1. The third-order valence-electron chi connectivity index (χ3n) is 3.76. The molecule has 0 atom stereocenters. The summed E-state index contributed by atoms with van der Waals surface area (Å²) in [6.45, 7) is 3.09. The van der Waals surface area contributed by atoms with E-state index in [1.54, 1.807) is 0 Å². The van der Waals surface area contributed by atoms with E-state index in [1.807, 2.05) is 24.3 Å². The van der Waals surface area contributed by atoms with E-state index in [1.165, 1.54) is 0 Å². The molecule has 1 saturated carbocycles. The van der Waals surface area contributed by atoms with Gasteiger partial charge in [-0.05, 0) is 37.0 Å². The Bertz CT molecular complexity index is 477. The third kappa shape index (κ3) is 1.61. The summed E-state index contributed by atoms with van der Waals surface area (Å²) in [5, 5.41) is 0.740. The maximum atomic E-state index is 6.05. The molecule has 0 aromatic heterocycles. The van der Waals surface area contributed by atoms with Crippen LogP contribution in [-0.4, -0.2) is 18.0 Å². The zero-order chi connectivity index (χ0) is 12.0. The lowest BCUT2D eigenvalue weighted by Gasteiger charge is -2.49. The third-order valence-corrected chi connectivity index (χ3v) is 4.00. The number of guanidine groups is 1. The standard InChI is InChI=1S/C13H16ClN3/c1-9-6-13(7-9)8-16-12(15)17(13)11-4-2-3-10(14)5-11/h2-5,9H,6-8H2,1H3,(H2,15,16). The van der Waals surface area contributed by atoms with Crippen molar-refractivity contribution in [1.29, 1.82) is 0 Å². The predicted molar refractivity (Wildman–Crippen MR) is 71.5 cm³/mol. The van der Waals surface area contributed by atoms with E-state index in [0.29, 0.717) is 5.96 Å². The number of aliphatic imine (C=N–C) groups is 1. The SMILES string of the molecule is CC1CC2(CN=C(N)N2c2cccc(Cl)c2)C1. The van der Waals surface area contributed by atoms with E-state index in [-0.39, 0.29) is 5.54 Å². The normalized spacial score (nSPS) is 31.5. The van der Waals surface area contributed by atoms with E-state index in [2.05, 4.69) is 16.8 Å². The minimum atomic E-state index is 0.119. The van der Waals surface area contributed by atoms with Crippen LogP contribution in [0.4, 0.5) is 5.69 Å². The van der Waals surface area contributed by atoms with Crippen molar-refractivity contribution in [2.75, 3.05) is 11.4 Å². The lowest BCUT2D eigenvalue weighted by atomic mass is 9.68. The smallest absolute Gasteiger partial charge is 0.196 e. The first kappa shape index (κ1) is 10.9. The van der Waals surface area contributed by atoms with Crippen molar-refractivity contribution >= 4 is 23.2 Å². The largest absolute Gasteiger partial charge is 0.369 e. The van der Waals surface area contributed by atoms with Gasteiger partial charge in [0.1, 0.15) is 0 Å². The second kappa shape index (κ2) is 3.64. The number of anilines is 1. The van der Waals surface area contributed by atoms with Crippen molar-refractivity contribution in [3.05, 3.63) is 29.3 Å². The average Bonchev–Trinajstić information content (AvgIpc) is 2.56. The van der Waals surface area contributed by atoms with Gasteiger partial charge in [0, 0.05) is 10.7 Å². The van der Waals surface area contributed by atoms with Gasteiger partial charge in [-0.1, -0.05) is 24.6 Å². The molecule has 2 aliphatic rings. The minimum Gasteiger partial charge on any atom is -0.369 e. The Morgan fingerprint density at radius 1 is 1.47 bits per heavy atom. The van der Waals surface area contributed by atoms with Crippen LogP contribution in [0.3, 0.4) is 0 Å². The van der Waals surface area contributed by atoms with E-state index < -0.39 is 0 Å². The Hall–Kier alpha value is -1.22. The second-order valence-electron chi connectivity index (χ2n) is 5.23. The molecular formula is C13H16ClN3. The molecule has 3 nitrogen and oxygen atoms in total. The summed E-state index contributed by atoms with van der Waals surface area (Å²) < 4.78 is 0. The topological polar surface area (TPSA) is 41.6 Å². The molecule has 0 radical (unpaired) electrons. The van der Waals surface area contributed by atoms with Gasteiger partial charge in [0.25, 0.3) is 0 Å². The molecule has 1 heterocycles. The summed E-state index contributed by atoms with van der Waals surface area (Å²) in [6, 6.07) is 7.84. The van der Waals surface area contributed by atoms with E-state index >= 15 is 0 Å². The number of nitrogens with zero attached hydrogens (tertiary/aromatic N) is 2. The number of hydrogen-bond donors (Lipinski definition) is 1. The van der Waals surface area contributed by atoms with E-state index in [9.17, 15) is 0 Å². The Morgan fingerprint density at radius 2 is 2.24 bits per heavy atom. The summed E-state index contributed by atoms with van der Waals surface area (Å²) in [6.07, 6.45) is 2.31. The van der Waals surface area contributed by atoms with Crippen LogP contribution in [-0.2, 0) is 0 Å². The van der Waals surface area contributed by atoms with Crippen LogP contribution in [0, 0.1) is 5.92 Å². The van der Waals surface area contributed by atoms with E-state index in [4.69, 9.17) is 17.3 Å². The quantitative estimate of drug-likeness (QED) is 0.831. The van der Waals surface area contributed by atoms with E-state index in [0.717, 1.165) is 36.0 Å². The van der Waals surface area contributed by atoms with Crippen LogP contribution in [0.1, 0.15) is 19.8 Å². The molecule has 1 aliphatic carbocycles.